The molecular weight excluding hydrogens is 397 g/mol. The number of rotatable bonds is 2. The fourth-order valence-electron chi connectivity index (χ4n) is 4.08. The number of aryl methyl sites for hydroxylation is 1. The first-order valence-electron chi connectivity index (χ1n) is 9.36. The predicted molar refractivity (Wildman–Crippen MR) is 105 cm³/mol. The molecule has 0 N–H and O–H groups in total. The normalized spacial score (nSPS) is 14.8. The number of nitriles is 1. The van der Waals surface area contributed by atoms with E-state index in [0.29, 0.717) is 23.9 Å². The zero-order valence-electron chi connectivity index (χ0n) is 16.0. The quantitative estimate of drug-likeness (QED) is 0.605. The fraction of sp³-hybridized carbons (Fsp3) is 0.286. The second-order valence-corrected chi connectivity index (χ2v) is 7.29. The van der Waals surface area contributed by atoms with Gasteiger partial charge in [0.05, 0.1) is 22.7 Å². The molecule has 30 heavy (non-hydrogen) atoms. The molecule has 1 saturated heterocycles. The Morgan fingerprint density at radius 3 is 2.20 bits per heavy atom. The van der Waals surface area contributed by atoms with E-state index in [9.17, 15) is 22.8 Å². The third-order valence-electron chi connectivity index (χ3n) is 5.56. The molecule has 1 aliphatic heterocycles. The van der Waals surface area contributed by atoms with Crippen LogP contribution < -0.4 is 16.0 Å². The van der Waals surface area contributed by atoms with Gasteiger partial charge >= 0.3 is 11.1 Å². The van der Waals surface area contributed by atoms with E-state index in [1.807, 2.05) is 0 Å². The van der Waals surface area contributed by atoms with Crippen molar-refractivity contribution < 1.29 is 13.2 Å². The molecule has 0 bridgehead atoms. The molecule has 0 saturated carbocycles. The molecule has 0 aliphatic carbocycles. The van der Waals surface area contributed by atoms with Gasteiger partial charge < -0.3 is 9.47 Å². The Labute approximate surface area is 169 Å². The highest BCUT2D eigenvalue weighted by Gasteiger charge is 2.27. The molecule has 3 aromatic rings. The van der Waals surface area contributed by atoms with Crippen LogP contribution in [0.3, 0.4) is 0 Å². The zero-order valence-corrected chi connectivity index (χ0v) is 16.0. The Balaban J connectivity index is 1.69. The Kier molecular flexibility index (Phi) is 4.86. The number of aromatic nitrogens is 2. The first kappa shape index (κ1) is 19.8. The van der Waals surface area contributed by atoms with Gasteiger partial charge in [0.25, 0.3) is 0 Å². The highest BCUT2D eigenvalue weighted by molar-refractivity contribution is 5.75. The average Bonchev–Trinajstić information content (AvgIpc) is 2.73. The van der Waals surface area contributed by atoms with Gasteiger partial charge in [-0.05, 0) is 43.2 Å². The first-order valence-corrected chi connectivity index (χ1v) is 9.36. The van der Waals surface area contributed by atoms with E-state index >= 15 is 0 Å². The lowest BCUT2D eigenvalue weighted by molar-refractivity contribution is 0.389. The maximum absolute atomic E-state index is 14.3. The van der Waals surface area contributed by atoms with E-state index in [1.165, 1.54) is 34.7 Å². The predicted octanol–water partition coefficient (Wildman–Crippen LogP) is 2.83. The van der Waals surface area contributed by atoms with Crippen molar-refractivity contribution >= 4 is 16.7 Å². The van der Waals surface area contributed by atoms with Crippen molar-refractivity contribution in [3.05, 3.63) is 74.1 Å². The smallest absolute Gasteiger partial charge is 0.317 e. The average molecular weight is 414 g/mol. The van der Waals surface area contributed by atoms with Crippen molar-refractivity contribution in [1.82, 2.24) is 9.13 Å². The molecule has 1 fully saturated rings. The minimum absolute atomic E-state index is 0.103. The molecule has 154 valence electrons. The largest absolute Gasteiger partial charge is 0.367 e. The summed E-state index contributed by atoms with van der Waals surface area (Å²) in [4.78, 5) is 26.6. The van der Waals surface area contributed by atoms with Gasteiger partial charge in [-0.15, -0.1) is 0 Å². The van der Waals surface area contributed by atoms with E-state index in [0.717, 1.165) is 16.7 Å². The maximum Gasteiger partial charge on any atom is 0.317 e. The van der Waals surface area contributed by atoms with Gasteiger partial charge in [-0.3, -0.25) is 14.2 Å². The van der Waals surface area contributed by atoms with Crippen LogP contribution in [0.1, 0.15) is 24.4 Å². The molecule has 6 nitrogen and oxygen atoms in total. The zero-order chi connectivity index (χ0) is 21.6. The number of anilines is 1. The molecular formula is C21H17F3N4O2. The van der Waals surface area contributed by atoms with Crippen molar-refractivity contribution in [2.75, 3.05) is 18.0 Å². The van der Waals surface area contributed by atoms with Crippen LogP contribution in [0.5, 0.6) is 0 Å². The number of piperidine rings is 1. The van der Waals surface area contributed by atoms with Crippen molar-refractivity contribution in [3.63, 3.8) is 0 Å². The summed E-state index contributed by atoms with van der Waals surface area (Å²) in [7, 11) is 1.41. The summed E-state index contributed by atoms with van der Waals surface area (Å²) in [5.41, 5.74) is -1.07. The highest BCUT2D eigenvalue weighted by Crippen LogP contribution is 2.31. The summed E-state index contributed by atoms with van der Waals surface area (Å²) in [5.74, 6) is -2.17. The number of hydrogen-bond donors (Lipinski definition) is 0. The second kappa shape index (κ2) is 7.37. The van der Waals surface area contributed by atoms with Gasteiger partial charge in [0.1, 0.15) is 11.5 Å². The second-order valence-electron chi connectivity index (χ2n) is 7.29. The SMILES string of the molecule is Cn1c(=O)c(=O)n(C2CCN(c3c(F)cc(C#N)cc3F)CC2)c2ccc(F)cc21. The molecule has 0 radical (unpaired) electrons. The third kappa shape index (κ3) is 3.14. The monoisotopic (exact) mass is 414 g/mol. The lowest BCUT2D eigenvalue weighted by Crippen LogP contribution is -2.45. The molecule has 0 amide bonds. The molecule has 0 spiro atoms. The number of fused-ring (bicyclic) bond motifs is 1. The van der Waals surface area contributed by atoms with Crippen LogP contribution in [0, 0.1) is 28.8 Å². The minimum atomic E-state index is -0.823. The summed E-state index contributed by atoms with van der Waals surface area (Å²) in [6.45, 7) is 0.490. The Bertz CT molecular complexity index is 1290. The van der Waals surface area contributed by atoms with E-state index in [-0.39, 0.29) is 30.4 Å². The van der Waals surface area contributed by atoms with E-state index in [4.69, 9.17) is 5.26 Å². The minimum Gasteiger partial charge on any atom is -0.367 e. The standard InChI is InChI=1S/C21H17F3N4O2/c1-26-18-10-13(22)2-3-17(18)28(21(30)20(26)29)14-4-6-27(7-5-14)19-15(23)8-12(11-25)9-16(19)24/h2-3,8-10,14H,4-7H2,1H3. The van der Waals surface area contributed by atoms with Gasteiger partial charge in [-0.1, -0.05) is 0 Å². The van der Waals surface area contributed by atoms with Gasteiger partial charge in [0, 0.05) is 26.2 Å². The number of nitrogens with zero attached hydrogens (tertiary/aromatic N) is 4. The Morgan fingerprint density at radius 1 is 0.967 bits per heavy atom. The van der Waals surface area contributed by atoms with Crippen LogP contribution in [0.15, 0.2) is 39.9 Å². The van der Waals surface area contributed by atoms with Gasteiger partial charge in [-0.25, -0.2) is 13.2 Å². The van der Waals surface area contributed by atoms with E-state index in [1.54, 1.807) is 6.07 Å². The molecule has 0 unspecified atom stereocenters. The summed E-state index contributed by atoms with van der Waals surface area (Å²) in [6.07, 6.45) is 0.719. The topological polar surface area (TPSA) is 71.0 Å². The van der Waals surface area contributed by atoms with Crippen molar-refractivity contribution in [1.29, 1.82) is 5.26 Å². The number of hydrogen-bond acceptors (Lipinski definition) is 4. The fourth-order valence-corrected chi connectivity index (χ4v) is 4.08. The van der Waals surface area contributed by atoms with Crippen molar-refractivity contribution in [3.8, 4) is 6.07 Å². The van der Waals surface area contributed by atoms with Crippen LogP contribution >= 0.6 is 0 Å². The Hall–Kier alpha value is -3.54. The molecule has 1 aliphatic rings. The summed E-state index contributed by atoms with van der Waals surface area (Å²) in [5, 5.41) is 8.84. The van der Waals surface area contributed by atoms with Crippen molar-refractivity contribution in [2.24, 2.45) is 7.05 Å². The van der Waals surface area contributed by atoms with E-state index in [2.05, 4.69) is 0 Å². The van der Waals surface area contributed by atoms with E-state index < -0.39 is 28.6 Å². The number of halogens is 3. The highest BCUT2D eigenvalue weighted by atomic mass is 19.1. The summed E-state index contributed by atoms with van der Waals surface area (Å²) >= 11 is 0. The third-order valence-corrected chi connectivity index (χ3v) is 5.56. The van der Waals surface area contributed by atoms with Gasteiger partial charge in [0.2, 0.25) is 0 Å². The van der Waals surface area contributed by atoms with Crippen LogP contribution in [0.2, 0.25) is 0 Å². The molecule has 2 heterocycles. The molecule has 1 aromatic heterocycles. The van der Waals surface area contributed by atoms with Crippen LogP contribution in [0.4, 0.5) is 18.9 Å². The lowest BCUT2D eigenvalue weighted by Gasteiger charge is -2.35. The van der Waals surface area contributed by atoms with Crippen LogP contribution in [-0.4, -0.2) is 22.2 Å². The maximum atomic E-state index is 14.3. The molecule has 2 aromatic carbocycles. The van der Waals surface area contributed by atoms with Crippen LogP contribution in [-0.2, 0) is 7.05 Å². The lowest BCUT2D eigenvalue weighted by atomic mass is 10.0. The summed E-state index contributed by atoms with van der Waals surface area (Å²) in [6, 6.07) is 7.18. The summed E-state index contributed by atoms with van der Waals surface area (Å²) < 4.78 is 44.9. The molecule has 9 heteroatoms. The van der Waals surface area contributed by atoms with Gasteiger partial charge in [0.15, 0.2) is 11.6 Å². The Morgan fingerprint density at radius 2 is 1.60 bits per heavy atom. The first-order chi connectivity index (χ1) is 14.3. The van der Waals surface area contributed by atoms with Crippen molar-refractivity contribution in [2.45, 2.75) is 18.9 Å². The molecule has 0 atom stereocenters. The van der Waals surface area contributed by atoms with Crippen LogP contribution in [0.25, 0.3) is 11.0 Å². The number of benzene rings is 2. The molecule has 4 rings (SSSR count). The van der Waals surface area contributed by atoms with Gasteiger partial charge in [-0.2, -0.15) is 5.26 Å².